The second kappa shape index (κ2) is 10.6. The van der Waals surface area contributed by atoms with E-state index in [1.165, 1.54) is 31.3 Å². The summed E-state index contributed by atoms with van der Waals surface area (Å²) in [7, 11) is 0. The van der Waals surface area contributed by atoms with Crippen molar-refractivity contribution in [3.8, 4) is 5.75 Å². The van der Waals surface area contributed by atoms with E-state index in [9.17, 15) is 19.7 Å². The first-order valence-electron chi connectivity index (χ1n) is 10.5. The number of ether oxygens (including phenoxy) is 2. The van der Waals surface area contributed by atoms with E-state index in [1.54, 1.807) is 25.1 Å². The Balaban J connectivity index is 2.14. The molecule has 2 aromatic carbocycles. The van der Waals surface area contributed by atoms with E-state index < -0.39 is 17.0 Å². The van der Waals surface area contributed by atoms with E-state index in [0.29, 0.717) is 21.2 Å². The highest BCUT2D eigenvalue weighted by atomic mass is 79.9. The van der Waals surface area contributed by atoms with Gasteiger partial charge < -0.3 is 9.47 Å². The minimum atomic E-state index is -1.10. The number of hydrogen-bond acceptors (Lipinski definition) is 8. The first-order chi connectivity index (χ1) is 16.1. The molecule has 0 N–H and O–H groups in total. The highest BCUT2D eigenvalue weighted by Crippen LogP contribution is 2.31. The van der Waals surface area contributed by atoms with Crippen molar-refractivity contribution in [2.75, 3.05) is 6.61 Å². The van der Waals surface area contributed by atoms with Gasteiger partial charge in [0, 0.05) is 22.0 Å². The molecular formula is C23H23BrN4O6. The quantitative estimate of drug-likeness (QED) is 0.183. The summed E-state index contributed by atoms with van der Waals surface area (Å²) in [5.41, 5.74) is 0.00316. The number of halogens is 1. The van der Waals surface area contributed by atoms with Crippen molar-refractivity contribution in [1.82, 2.24) is 9.66 Å². The second-order valence-corrected chi connectivity index (χ2v) is 8.53. The van der Waals surface area contributed by atoms with Crippen molar-refractivity contribution in [2.45, 2.75) is 39.7 Å². The van der Waals surface area contributed by atoms with Crippen molar-refractivity contribution in [3.05, 3.63) is 72.7 Å². The van der Waals surface area contributed by atoms with Crippen LogP contribution in [-0.4, -0.2) is 39.5 Å². The third-order valence-corrected chi connectivity index (χ3v) is 5.29. The number of carbonyl (C=O) groups excluding carboxylic acids is 1. The lowest BCUT2D eigenvalue weighted by molar-refractivity contribution is -0.386. The minimum absolute atomic E-state index is 0.137. The number of nitro groups is 1. The molecule has 0 unspecified atom stereocenters. The Kier molecular flexibility index (Phi) is 7.77. The molecular weight excluding hydrogens is 508 g/mol. The maximum absolute atomic E-state index is 13.2. The van der Waals surface area contributed by atoms with Gasteiger partial charge in [0.1, 0.15) is 5.82 Å². The third-order valence-electron chi connectivity index (χ3n) is 4.80. The normalized spacial score (nSPS) is 12.3. The zero-order valence-corrected chi connectivity index (χ0v) is 20.6. The van der Waals surface area contributed by atoms with Crippen LogP contribution >= 0.6 is 15.9 Å². The van der Waals surface area contributed by atoms with Gasteiger partial charge in [-0.3, -0.25) is 14.9 Å². The SMILES string of the molecule is CCOC(=O)[C@H](C)Oc1c(C=Nn2c(C(C)C)nc3ccc(Br)cc3c2=O)cccc1[N+](=O)[O-]. The van der Waals surface area contributed by atoms with Crippen molar-refractivity contribution in [3.63, 3.8) is 0 Å². The highest BCUT2D eigenvalue weighted by molar-refractivity contribution is 9.10. The first kappa shape index (κ1) is 25.0. The van der Waals surface area contributed by atoms with E-state index in [1.807, 2.05) is 13.8 Å². The Hall–Kier alpha value is -3.60. The number of rotatable bonds is 8. The largest absolute Gasteiger partial charge is 0.471 e. The molecule has 0 aliphatic heterocycles. The summed E-state index contributed by atoms with van der Waals surface area (Å²) in [5.74, 6) is -0.537. The number of nitro benzene ring substituents is 1. The molecule has 1 aromatic heterocycles. The third kappa shape index (κ3) is 5.30. The molecule has 11 heteroatoms. The second-order valence-electron chi connectivity index (χ2n) is 7.61. The van der Waals surface area contributed by atoms with Gasteiger partial charge in [0.2, 0.25) is 5.75 Å². The van der Waals surface area contributed by atoms with Gasteiger partial charge in [-0.05, 0) is 38.1 Å². The maximum Gasteiger partial charge on any atom is 0.347 e. The number of nitrogens with zero attached hydrogens (tertiary/aromatic N) is 4. The minimum Gasteiger partial charge on any atom is -0.471 e. The van der Waals surface area contributed by atoms with Crippen molar-refractivity contribution in [1.29, 1.82) is 0 Å². The number of hydrogen-bond donors (Lipinski definition) is 0. The average molecular weight is 531 g/mol. The number of benzene rings is 2. The molecule has 3 rings (SSSR count). The molecule has 0 amide bonds. The Morgan fingerprint density at radius 2 is 2.03 bits per heavy atom. The summed E-state index contributed by atoms with van der Waals surface area (Å²) in [4.78, 5) is 40.8. The van der Waals surface area contributed by atoms with Gasteiger partial charge in [-0.15, -0.1) is 0 Å². The molecule has 10 nitrogen and oxygen atoms in total. The van der Waals surface area contributed by atoms with Gasteiger partial charge in [0.25, 0.3) is 5.56 Å². The van der Waals surface area contributed by atoms with Gasteiger partial charge in [0.05, 0.1) is 28.6 Å². The fourth-order valence-electron chi connectivity index (χ4n) is 3.17. The molecule has 0 aliphatic rings. The van der Waals surface area contributed by atoms with Crippen LogP contribution in [0.5, 0.6) is 5.75 Å². The number of esters is 1. The van der Waals surface area contributed by atoms with Crippen LogP contribution in [0.25, 0.3) is 10.9 Å². The summed E-state index contributed by atoms with van der Waals surface area (Å²) in [5, 5.41) is 16.3. The Morgan fingerprint density at radius 1 is 1.29 bits per heavy atom. The Bertz CT molecular complexity index is 1340. The number of fused-ring (bicyclic) bond motifs is 1. The molecule has 1 heterocycles. The molecule has 0 bridgehead atoms. The summed E-state index contributed by atoms with van der Waals surface area (Å²) in [6.07, 6.45) is 0.181. The first-order valence-corrected chi connectivity index (χ1v) is 11.3. The molecule has 0 radical (unpaired) electrons. The zero-order valence-electron chi connectivity index (χ0n) is 19.0. The van der Waals surface area contributed by atoms with Crippen LogP contribution in [0.2, 0.25) is 0 Å². The predicted molar refractivity (Wildman–Crippen MR) is 131 cm³/mol. The molecule has 0 fully saturated rings. The number of carbonyl (C=O) groups is 1. The topological polar surface area (TPSA) is 126 Å². The van der Waals surface area contributed by atoms with Gasteiger partial charge in [-0.1, -0.05) is 35.8 Å². The van der Waals surface area contributed by atoms with E-state index in [-0.39, 0.29) is 35.1 Å². The van der Waals surface area contributed by atoms with Crippen LogP contribution in [0.3, 0.4) is 0 Å². The van der Waals surface area contributed by atoms with Crippen molar-refractivity contribution in [2.24, 2.45) is 5.10 Å². The van der Waals surface area contributed by atoms with Crippen LogP contribution < -0.4 is 10.3 Å². The van der Waals surface area contributed by atoms with Crippen molar-refractivity contribution >= 4 is 44.7 Å². The lowest BCUT2D eigenvalue weighted by atomic mass is 10.1. The summed E-state index contributed by atoms with van der Waals surface area (Å²) < 4.78 is 12.4. The fourth-order valence-corrected chi connectivity index (χ4v) is 3.53. The summed E-state index contributed by atoms with van der Waals surface area (Å²) >= 11 is 3.36. The van der Waals surface area contributed by atoms with Gasteiger partial charge in [0.15, 0.2) is 6.10 Å². The smallest absolute Gasteiger partial charge is 0.347 e. The van der Waals surface area contributed by atoms with Gasteiger partial charge in [-0.2, -0.15) is 9.78 Å². The van der Waals surface area contributed by atoms with Crippen LogP contribution in [-0.2, 0) is 9.53 Å². The Morgan fingerprint density at radius 3 is 2.68 bits per heavy atom. The van der Waals surface area contributed by atoms with Gasteiger partial charge in [-0.25, -0.2) is 9.78 Å². The predicted octanol–water partition coefficient (Wildman–Crippen LogP) is 4.40. The zero-order chi connectivity index (χ0) is 25.0. The van der Waals surface area contributed by atoms with E-state index in [0.717, 1.165) is 4.68 Å². The molecule has 178 valence electrons. The lowest BCUT2D eigenvalue weighted by Gasteiger charge is -2.15. The van der Waals surface area contributed by atoms with Crippen LogP contribution in [0.4, 0.5) is 5.69 Å². The summed E-state index contributed by atoms with van der Waals surface area (Å²) in [6.45, 7) is 6.97. The van der Waals surface area contributed by atoms with Crippen LogP contribution in [0.15, 0.2) is 50.8 Å². The molecule has 0 spiro atoms. The fraction of sp³-hybridized carbons (Fsp3) is 0.304. The van der Waals surface area contributed by atoms with E-state index >= 15 is 0 Å². The maximum atomic E-state index is 13.2. The highest BCUT2D eigenvalue weighted by Gasteiger charge is 2.24. The number of para-hydroxylation sites is 1. The Labute approximate surface area is 203 Å². The lowest BCUT2D eigenvalue weighted by Crippen LogP contribution is -2.27. The van der Waals surface area contributed by atoms with E-state index in [4.69, 9.17) is 9.47 Å². The van der Waals surface area contributed by atoms with Crippen molar-refractivity contribution < 1.29 is 19.2 Å². The van der Waals surface area contributed by atoms with Crippen LogP contribution in [0, 0.1) is 10.1 Å². The molecule has 0 saturated heterocycles. The monoisotopic (exact) mass is 530 g/mol. The van der Waals surface area contributed by atoms with Crippen LogP contribution in [0.1, 0.15) is 45.0 Å². The molecule has 0 saturated carbocycles. The van der Waals surface area contributed by atoms with Gasteiger partial charge >= 0.3 is 11.7 Å². The molecule has 3 aromatic rings. The van der Waals surface area contributed by atoms with E-state index in [2.05, 4.69) is 26.0 Å². The molecule has 0 aliphatic carbocycles. The molecule has 1 atom stereocenters. The standard InChI is InChI=1S/C23H23BrN4O6/c1-5-33-23(30)14(4)34-20-15(7-6-8-19(20)28(31)32)12-25-27-21(13(2)3)26-18-10-9-16(24)11-17(18)22(27)29/h6-14H,5H2,1-4H3/t14-/m0/s1. The molecule has 34 heavy (non-hydrogen) atoms. The number of aromatic nitrogens is 2. The average Bonchev–Trinajstić information content (AvgIpc) is 2.79. The summed E-state index contributed by atoms with van der Waals surface area (Å²) in [6, 6.07) is 9.45.